The number of rotatable bonds is 3. The van der Waals surface area contributed by atoms with Gasteiger partial charge >= 0.3 is 0 Å². The first-order valence-corrected chi connectivity index (χ1v) is 8.96. The summed E-state index contributed by atoms with van der Waals surface area (Å²) in [5, 5.41) is 0. The third-order valence-corrected chi connectivity index (χ3v) is 6.35. The van der Waals surface area contributed by atoms with Gasteiger partial charge in [-0.25, -0.2) is 8.42 Å². The molecule has 2 heterocycles. The maximum Gasteiger partial charge on any atom is 0.244 e. The molecular weight excluding hydrogens is 314 g/mol. The molecule has 1 fully saturated rings. The Bertz CT molecular complexity index is 611. The minimum absolute atomic E-state index is 0.0719. The summed E-state index contributed by atoms with van der Waals surface area (Å²) >= 11 is 6.59. The van der Waals surface area contributed by atoms with Crippen LogP contribution in [0, 0.1) is 0 Å². The summed E-state index contributed by atoms with van der Waals surface area (Å²) in [5.74, 6) is 0.796. The highest BCUT2D eigenvalue weighted by Gasteiger charge is 2.34. The van der Waals surface area contributed by atoms with E-state index in [0.29, 0.717) is 18.8 Å². The lowest BCUT2D eigenvalue weighted by Gasteiger charge is -2.36. The quantitative estimate of drug-likeness (QED) is 0.840. The Morgan fingerprint density at radius 1 is 1.50 bits per heavy atom. The van der Waals surface area contributed by atoms with Gasteiger partial charge in [0, 0.05) is 29.8 Å². The van der Waals surface area contributed by atoms with Crippen molar-refractivity contribution in [2.24, 2.45) is 5.73 Å². The van der Waals surface area contributed by atoms with Gasteiger partial charge in [-0.3, -0.25) is 4.98 Å². The second kappa shape index (κ2) is 5.59. The van der Waals surface area contributed by atoms with Gasteiger partial charge in [-0.15, -0.1) is 0 Å². The summed E-state index contributed by atoms with van der Waals surface area (Å²) in [6.07, 6.45) is 1.32. The van der Waals surface area contributed by atoms with E-state index in [4.69, 9.17) is 18.0 Å². The first-order valence-electron chi connectivity index (χ1n) is 6.12. The molecule has 0 radical (unpaired) electrons. The van der Waals surface area contributed by atoms with Gasteiger partial charge in [-0.1, -0.05) is 12.2 Å². The summed E-state index contributed by atoms with van der Waals surface area (Å²) in [5.41, 5.74) is 5.88. The van der Waals surface area contributed by atoms with E-state index >= 15 is 0 Å². The normalized spacial score (nSPS) is 19.7. The molecule has 0 unspecified atom stereocenters. The molecule has 110 valence electrons. The van der Waals surface area contributed by atoms with Crippen molar-refractivity contribution in [2.75, 3.05) is 18.8 Å². The number of thioether (sulfide) groups is 1. The SMILES string of the molecule is CC1(C)CN(S(=O)(=O)c2ccc(C(N)=S)nc2)CCS1. The topological polar surface area (TPSA) is 76.3 Å². The molecule has 8 heteroatoms. The monoisotopic (exact) mass is 331 g/mol. The summed E-state index contributed by atoms with van der Waals surface area (Å²) in [6.45, 7) is 5.12. The van der Waals surface area contributed by atoms with Gasteiger partial charge in [0.05, 0.1) is 5.69 Å². The zero-order chi connectivity index (χ0) is 15.0. The fraction of sp³-hybridized carbons (Fsp3) is 0.500. The van der Waals surface area contributed by atoms with E-state index in [9.17, 15) is 8.42 Å². The van der Waals surface area contributed by atoms with Crippen LogP contribution >= 0.6 is 24.0 Å². The maximum absolute atomic E-state index is 12.6. The third kappa shape index (κ3) is 3.30. The Balaban J connectivity index is 2.28. The number of pyridine rings is 1. The van der Waals surface area contributed by atoms with Crippen LogP contribution in [0.1, 0.15) is 19.5 Å². The average Bonchev–Trinajstić information content (AvgIpc) is 2.37. The zero-order valence-electron chi connectivity index (χ0n) is 11.4. The molecule has 2 N–H and O–H groups in total. The molecule has 20 heavy (non-hydrogen) atoms. The van der Waals surface area contributed by atoms with Crippen molar-refractivity contribution in [3.63, 3.8) is 0 Å². The average molecular weight is 331 g/mol. The molecule has 1 aromatic rings. The standard InChI is InChI=1S/C12H17N3O2S3/c1-12(2)8-15(5-6-19-12)20(16,17)9-3-4-10(11(13)18)14-7-9/h3-4,7H,5-6,8H2,1-2H3,(H2,13,18). The number of thiocarbonyl (C=S) groups is 1. The fourth-order valence-electron chi connectivity index (χ4n) is 2.01. The lowest BCUT2D eigenvalue weighted by Crippen LogP contribution is -2.46. The van der Waals surface area contributed by atoms with Crippen LogP contribution in [0.5, 0.6) is 0 Å². The number of nitrogens with two attached hydrogens (primary N) is 1. The predicted octanol–water partition coefficient (Wildman–Crippen LogP) is 1.23. The van der Waals surface area contributed by atoms with Gasteiger partial charge < -0.3 is 5.73 Å². The molecule has 0 aromatic carbocycles. The van der Waals surface area contributed by atoms with Crippen molar-refractivity contribution in [2.45, 2.75) is 23.5 Å². The number of sulfonamides is 1. The summed E-state index contributed by atoms with van der Waals surface area (Å²) in [7, 11) is -3.50. The fourth-order valence-corrected chi connectivity index (χ4v) is 4.98. The number of aromatic nitrogens is 1. The highest BCUT2D eigenvalue weighted by Crippen LogP contribution is 2.32. The van der Waals surface area contributed by atoms with Gasteiger partial charge in [-0.05, 0) is 26.0 Å². The van der Waals surface area contributed by atoms with Gasteiger partial charge in [0.2, 0.25) is 10.0 Å². The van der Waals surface area contributed by atoms with Crippen LogP contribution in [-0.4, -0.2) is 46.3 Å². The molecule has 0 amide bonds. The lowest BCUT2D eigenvalue weighted by atomic mass is 10.2. The zero-order valence-corrected chi connectivity index (χ0v) is 13.8. The van der Waals surface area contributed by atoms with Gasteiger partial charge in [-0.2, -0.15) is 16.1 Å². The summed E-state index contributed by atoms with van der Waals surface area (Å²) in [6, 6.07) is 3.05. The molecule has 0 saturated carbocycles. The van der Waals surface area contributed by atoms with Gasteiger partial charge in [0.25, 0.3) is 0 Å². The lowest BCUT2D eigenvalue weighted by molar-refractivity contribution is 0.387. The van der Waals surface area contributed by atoms with Gasteiger partial charge in [0.15, 0.2) is 0 Å². The van der Waals surface area contributed by atoms with Crippen LogP contribution < -0.4 is 5.73 Å². The van der Waals surface area contributed by atoms with E-state index in [0.717, 1.165) is 5.75 Å². The van der Waals surface area contributed by atoms with E-state index in [1.165, 1.54) is 16.6 Å². The first kappa shape index (κ1) is 15.7. The molecule has 0 bridgehead atoms. The molecule has 0 atom stereocenters. The van der Waals surface area contributed by atoms with E-state index in [1.54, 1.807) is 17.8 Å². The van der Waals surface area contributed by atoms with Crippen molar-refractivity contribution in [3.8, 4) is 0 Å². The second-order valence-electron chi connectivity index (χ2n) is 5.19. The number of hydrogen-bond donors (Lipinski definition) is 1. The van der Waals surface area contributed by atoms with E-state index in [-0.39, 0.29) is 14.6 Å². The van der Waals surface area contributed by atoms with Crippen LogP contribution in [0.4, 0.5) is 0 Å². The van der Waals surface area contributed by atoms with Crippen LogP contribution in [0.3, 0.4) is 0 Å². The Hall–Kier alpha value is -0.700. The van der Waals surface area contributed by atoms with Crippen LogP contribution in [0.2, 0.25) is 0 Å². The largest absolute Gasteiger partial charge is 0.388 e. The Kier molecular flexibility index (Phi) is 4.38. The van der Waals surface area contributed by atoms with Crippen LogP contribution in [0.25, 0.3) is 0 Å². The van der Waals surface area contributed by atoms with Crippen molar-refractivity contribution in [1.82, 2.24) is 9.29 Å². The van der Waals surface area contributed by atoms with Crippen molar-refractivity contribution in [1.29, 1.82) is 0 Å². The highest BCUT2D eigenvalue weighted by molar-refractivity contribution is 8.00. The summed E-state index contributed by atoms with van der Waals surface area (Å²) < 4.78 is 26.6. The highest BCUT2D eigenvalue weighted by atomic mass is 32.2. The van der Waals surface area contributed by atoms with E-state index in [1.807, 2.05) is 13.8 Å². The minimum Gasteiger partial charge on any atom is -0.388 e. The molecule has 1 saturated heterocycles. The van der Waals surface area contributed by atoms with Crippen molar-refractivity contribution >= 4 is 39.0 Å². The Morgan fingerprint density at radius 3 is 2.70 bits per heavy atom. The minimum atomic E-state index is -3.50. The number of nitrogens with zero attached hydrogens (tertiary/aromatic N) is 2. The first-order chi connectivity index (χ1) is 9.22. The third-order valence-electron chi connectivity index (χ3n) is 3.02. The predicted molar refractivity (Wildman–Crippen MR) is 85.4 cm³/mol. The Labute approximate surface area is 129 Å². The summed E-state index contributed by atoms with van der Waals surface area (Å²) in [4.78, 5) is 4.34. The Morgan fingerprint density at radius 2 is 2.20 bits per heavy atom. The van der Waals surface area contributed by atoms with Crippen LogP contribution in [-0.2, 0) is 10.0 Å². The smallest absolute Gasteiger partial charge is 0.244 e. The van der Waals surface area contributed by atoms with E-state index < -0.39 is 10.0 Å². The molecule has 1 aliphatic rings. The van der Waals surface area contributed by atoms with Gasteiger partial charge in [0.1, 0.15) is 9.88 Å². The second-order valence-corrected chi connectivity index (χ2v) is 9.37. The molecule has 1 aromatic heterocycles. The van der Waals surface area contributed by atoms with Crippen LogP contribution in [0.15, 0.2) is 23.2 Å². The molecule has 0 aliphatic carbocycles. The molecule has 2 rings (SSSR count). The number of hydrogen-bond acceptors (Lipinski definition) is 5. The molecule has 1 aliphatic heterocycles. The molecular formula is C12H17N3O2S3. The maximum atomic E-state index is 12.6. The van der Waals surface area contributed by atoms with E-state index in [2.05, 4.69) is 4.98 Å². The molecule has 0 spiro atoms. The van der Waals surface area contributed by atoms with Crippen molar-refractivity contribution < 1.29 is 8.42 Å². The van der Waals surface area contributed by atoms with Crippen molar-refractivity contribution in [3.05, 3.63) is 24.0 Å². The molecule has 5 nitrogen and oxygen atoms in total.